The van der Waals surface area contributed by atoms with Crippen molar-refractivity contribution in [1.29, 1.82) is 0 Å². The molecule has 2 nitrogen and oxygen atoms in total. The average Bonchev–Trinajstić information content (AvgIpc) is 2.39. The molecule has 2 rings (SSSR count). The number of halogens is 1. The summed E-state index contributed by atoms with van der Waals surface area (Å²) < 4.78 is 0.995. The highest BCUT2D eigenvalue weighted by Crippen LogP contribution is 2.26. The number of aliphatic hydroxyl groups is 1. The monoisotopic (exact) mass is 291 g/mol. The Labute approximate surface area is 109 Å². The molecule has 2 N–H and O–H groups in total. The van der Waals surface area contributed by atoms with Gasteiger partial charge >= 0.3 is 0 Å². The lowest BCUT2D eigenvalue weighted by Crippen LogP contribution is -2.14. The molecule has 0 amide bonds. The van der Waals surface area contributed by atoms with Crippen LogP contribution < -0.4 is 5.32 Å². The molecule has 0 aromatic heterocycles. The fraction of sp³-hybridized carbons (Fsp3) is 0.143. The molecular formula is C14H14BrNO. The Morgan fingerprint density at radius 2 is 1.65 bits per heavy atom. The molecule has 0 bridgehead atoms. The van der Waals surface area contributed by atoms with Crippen LogP contribution in [0.2, 0.25) is 0 Å². The van der Waals surface area contributed by atoms with Crippen LogP contribution in [-0.2, 0) is 0 Å². The Bertz CT molecular complexity index is 473. The van der Waals surface area contributed by atoms with Crippen molar-refractivity contribution in [2.45, 2.75) is 6.04 Å². The molecule has 2 aromatic carbocycles. The highest BCUT2D eigenvalue weighted by Gasteiger charge is 2.10. The molecule has 1 atom stereocenters. The van der Waals surface area contributed by atoms with Crippen LogP contribution in [0.15, 0.2) is 59.1 Å². The third kappa shape index (κ3) is 3.08. The van der Waals surface area contributed by atoms with E-state index in [9.17, 15) is 5.11 Å². The molecule has 0 fully saturated rings. The van der Waals surface area contributed by atoms with E-state index in [1.54, 1.807) is 0 Å². The van der Waals surface area contributed by atoms with Crippen molar-refractivity contribution in [1.82, 2.24) is 0 Å². The largest absolute Gasteiger partial charge is 0.394 e. The minimum atomic E-state index is -0.0881. The summed E-state index contributed by atoms with van der Waals surface area (Å²) in [5.74, 6) is 0. The molecule has 1 unspecified atom stereocenters. The molecule has 0 saturated carbocycles. The molecule has 17 heavy (non-hydrogen) atoms. The van der Waals surface area contributed by atoms with Gasteiger partial charge in [-0.25, -0.2) is 0 Å². The van der Waals surface area contributed by atoms with Gasteiger partial charge in [0.1, 0.15) is 0 Å². The molecule has 3 heteroatoms. The van der Waals surface area contributed by atoms with Gasteiger partial charge in [0.25, 0.3) is 0 Å². The van der Waals surface area contributed by atoms with Crippen molar-refractivity contribution < 1.29 is 5.11 Å². The van der Waals surface area contributed by atoms with Crippen molar-refractivity contribution in [2.24, 2.45) is 0 Å². The van der Waals surface area contributed by atoms with E-state index in [2.05, 4.69) is 21.2 Å². The Hall–Kier alpha value is -1.32. The Balaban J connectivity index is 2.19. The summed E-state index contributed by atoms with van der Waals surface area (Å²) in [6.45, 7) is 0.0609. The quantitative estimate of drug-likeness (QED) is 0.902. The zero-order chi connectivity index (χ0) is 12.1. The van der Waals surface area contributed by atoms with Crippen LogP contribution in [0.1, 0.15) is 11.6 Å². The maximum absolute atomic E-state index is 9.45. The summed E-state index contributed by atoms with van der Waals surface area (Å²) in [6.07, 6.45) is 0. The number of aliphatic hydroxyl groups excluding tert-OH is 1. The summed E-state index contributed by atoms with van der Waals surface area (Å²) in [6, 6.07) is 17.7. The van der Waals surface area contributed by atoms with Crippen molar-refractivity contribution in [3.63, 3.8) is 0 Å². The van der Waals surface area contributed by atoms with Gasteiger partial charge in [0, 0.05) is 10.2 Å². The van der Waals surface area contributed by atoms with Crippen LogP contribution in [-0.4, -0.2) is 11.7 Å². The SMILES string of the molecule is OCC(Nc1ccccc1Br)c1ccccc1. The molecule has 2 aromatic rings. The Morgan fingerprint density at radius 3 is 2.29 bits per heavy atom. The fourth-order valence-electron chi connectivity index (χ4n) is 1.69. The highest BCUT2D eigenvalue weighted by molar-refractivity contribution is 9.10. The first-order chi connectivity index (χ1) is 8.31. The second-order valence-corrected chi connectivity index (χ2v) is 4.62. The fourth-order valence-corrected chi connectivity index (χ4v) is 2.08. The number of hydrogen-bond donors (Lipinski definition) is 2. The Morgan fingerprint density at radius 1 is 1.00 bits per heavy atom. The number of nitrogens with one attached hydrogen (secondary N) is 1. The molecule has 0 saturated heterocycles. The normalized spacial score (nSPS) is 12.1. The zero-order valence-electron chi connectivity index (χ0n) is 9.31. The Kier molecular flexibility index (Phi) is 4.18. The van der Waals surface area contributed by atoms with Crippen molar-refractivity contribution in [2.75, 3.05) is 11.9 Å². The first-order valence-electron chi connectivity index (χ1n) is 5.48. The standard InChI is InChI=1S/C14H14BrNO/c15-12-8-4-5-9-13(12)16-14(10-17)11-6-2-1-3-7-11/h1-9,14,16-17H,10H2. The number of hydrogen-bond acceptors (Lipinski definition) is 2. The van der Waals surface area contributed by atoms with Gasteiger partial charge in [-0.1, -0.05) is 42.5 Å². The first-order valence-corrected chi connectivity index (χ1v) is 6.27. The summed E-state index contributed by atoms with van der Waals surface area (Å²) in [5.41, 5.74) is 2.06. The number of anilines is 1. The predicted molar refractivity (Wildman–Crippen MR) is 74.0 cm³/mol. The lowest BCUT2D eigenvalue weighted by molar-refractivity contribution is 0.276. The van der Waals surface area contributed by atoms with Crippen LogP contribution >= 0.6 is 15.9 Å². The van der Waals surface area contributed by atoms with E-state index in [0.717, 1.165) is 15.7 Å². The first kappa shape index (κ1) is 12.1. The summed E-state index contributed by atoms with van der Waals surface area (Å²) in [5, 5.41) is 12.8. The minimum absolute atomic E-state index is 0.0609. The van der Waals surface area contributed by atoms with Gasteiger partial charge < -0.3 is 10.4 Å². The van der Waals surface area contributed by atoms with Gasteiger partial charge in [-0.2, -0.15) is 0 Å². The highest BCUT2D eigenvalue weighted by atomic mass is 79.9. The lowest BCUT2D eigenvalue weighted by Gasteiger charge is -2.18. The zero-order valence-corrected chi connectivity index (χ0v) is 10.9. The van der Waals surface area contributed by atoms with E-state index >= 15 is 0 Å². The smallest absolute Gasteiger partial charge is 0.0745 e. The van der Waals surface area contributed by atoms with Gasteiger partial charge in [0.05, 0.1) is 12.6 Å². The van der Waals surface area contributed by atoms with Crippen LogP contribution in [0, 0.1) is 0 Å². The molecule has 0 heterocycles. The molecule has 0 aliphatic carbocycles. The van der Waals surface area contributed by atoms with Gasteiger partial charge in [0.15, 0.2) is 0 Å². The minimum Gasteiger partial charge on any atom is -0.394 e. The number of rotatable bonds is 4. The third-order valence-corrected chi connectivity index (χ3v) is 3.28. The van der Waals surface area contributed by atoms with E-state index < -0.39 is 0 Å². The van der Waals surface area contributed by atoms with Gasteiger partial charge in [-0.15, -0.1) is 0 Å². The van der Waals surface area contributed by atoms with Crippen LogP contribution in [0.25, 0.3) is 0 Å². The van der Waals surface area contributed by atoms with Crippen molar-refractivity contribution in [3.05, 3.63) is 64.6 Å². The van der Waals surface area contributed by atoms with Crippen molar-refractivity contribution in [3.8, 4) is 0 Å². The maximum atomic E-state index is 9.45. The maximum Gasteiger partial charge on any atom is 0.0745 e. The van der Waals surface area contributed by atoms with Crippen LogP contribution in [0.5, 0.6) is 0 Å². The summed E-state index contributed by atoms with van der Waals surface area (Å²) >= 11 is 3.48. The summed E-state index contributed by atoms with van der Waals surface area (Å²) in [4.78, 5) is 0. The third-order valence-electron chi connectivity index (χ3n) is 2.59. The van der Waals surface area contributed by atoms with Gasteiger partial charge in [-0.05, 0) is 33.6 Å². The summed E-state index contributed by atoms with van der Waals surface area (Å²) in [7, 11) is 0. The van der Waals surface area contributed by atoms with Crippen molar-refractivity contribution >= 4 is 21.6 Å². The molecule has 88 valence electrons. The number of benzene rings is 2. The van der Waals surface area contributed by atoms with Gasteiger partial charge in [0.2, 0.25) is 0 Å². The van der Waals surface area contributed by atoms with E-state index in [1.807, 2.05) is 54.6 Å². The van der Waals surface area contributed by atoms with Crippen LogP contribution in [0.3, 0.4) is 0 Å². The van der Waals surface area contributed by atoms with E-state index in [4.69, 9.17) is 0 Å². The topological polar surface area (TPSA) is 32.3 Å². The lowest BCUT2D eigenvalue weighted by atomic mass is 10.1. The second kappa shape index (κ2) is 5.84. The molecule has 0 spiro atoms. The molecule has 0 aliphatic rings. The predicted octanol–water partition coefficient (Wildman–Crippen LogP) is 3.59. The second-order valence-electron chi connectivity index (χ2n) is 3.77. The van der Waals surface area contributed by atoms with E-state index in [0.29, 0.717) is 0 Å². The molecule has 0 aliphatic heterocycles. The molecule has 0 radical (unpaired) electrons. The van der Waals surface area contributed by atoms with Crippen LogP contribution in [0.4, 0.5) is 5.69 Å². The van der Waals surface area contributed by atoms with E-state index in [1.165, 1.54) is 0 Å². The molecular weight excluding hydrogens is 278 g/mol. The van der Waals surface area contributed by atoms with Gasteiger partial charge in [-0.3, -0.25) is 0 Å². The number of para-hydroxylation sites is 1. The average molecular weight is 292 g/mol. The van der Waals surface area contributed by atoms with E-state index in [-0.39, 0.29) is 12.6 Å².